The van der Waals surface area contributed by atoms with E-state index in [9.17, 15) is 5.11 Å². The van der Waals surface area contributed by atoms with Crippen LogP contribution < -0.4 is 5.73 Å². The van der Waals surface area contributed by atoms with E-state index in [2.05, 4.69) is 10.1 Å². The van der Waals surface area contributed by atoms with E-state index < -0.39 is 5.60 Å². The van der Waals surface area contributed by atoms with Gasteiger partial charge in [0.1, 0.15) is 5.60 Å². The van der Waals surface area contributed by atoms with Crippen LogP contribution in [0.4, 0.5) is 0 Å². The van der Waals surface area contributed by atoms with E-state index in [1.165, 1.54) is 0 Å². The summed E-state index contributed by atoms with van der Waals surface area (Å²) in [6.45, 7) is 3.80. The minimum absolute atomic E-state index is 0.404. The van der Waals surface area contributed by atoms with Gasteiger partial charge >= 0.3 is 0 Å². The summed E-state index contributed by atoms with van der Waals surface area (Å²) in [7, 11) is 0. The highest BCUT2D eigenvalue weighted by atomic mass is 16.3. The average molecular weight is 232 g/mol. The van der Waals surface area contributed by atoms with Crippen molar-refractivity contribution in [2.24, 2.45) is 5.73 Å². The minimum Gasteiger partial charge on any atom is -0.384 e. The van der Waals surface area contributed by atoms with Gasteiger partial charge < -0.3 is 10.8 Å². The van der Waals surface area contributed by atoms with Crippen LogP contribution >= 0.6 is 0 Å². The Bertz CT molecular complexity index is 513. The number of aliphatic hydroxyl groups is 1. The molecule has 0 aliphatic heterocycles. The van der Waals surface area contributed by atoms with Crippen molar-refractivity contribution < 1.29 is 5.11 Å². The number of hydrogen-bond acceptors (Lipinski definition) is 4. The molecule has 0 aliphatic rings. The third-order valence-electron chi connectivity index (χ3n) is 2.52. The summed E-state index contributed by atoms with van der Waals surface area (Å²) in [6.07, 6.45) is 3.47. The highest BCUT2D eigenvalue weighted by molar-refractivity contribution is 5.33. The summed E-state index contributed by atoms with van der Waals surface area (Å²) in [4.78, 5) is 4.25. The number of aromatic nitrogens is 3. The Labute approximate surface area is 99.9 Å². The second-order valence-electron chi connectivity index (χ2n) is 4.39. The summed E-state index contributed by atoms with van der Waals surface area (Å²) >= 11 is 0. The van der Waals surface area contributed by atoms with Gasteiger partial charge in [-0.25, -0.2) is 9.67 Å². The van der Waals surface area contributed by atoms with Crippen LogP contribution in [0.1, 0.15) is 25.1 Å². The summed E-state index contributed by atoms with van der Waals surface area (Å²) in [6, 6.07) is 5.52. The number of nitrogens with zero attached hydrogens (tertiary/aromatic N) is 3. The quantitative estimate of drug-likeness (QED) is 0.826. The lowest BCUT2D eigenvalue weighted by Gasteiger charge is -2.13. The molecule has 5 heteroatoms. The van der Waals surface area contributed by atoms with Gasteiger partial charge in [-0.2, -0.15) is 5.10 Å². The molecule has 0 fully saturated rings. The molecule has 2 heterocycles. The number of nitrogens with two attached hydrogens (primary N) is 1. The molecule has 2 rings (SSSR count). The average Bonchev–Trinajstić information content (AvgIpc) is 2.77. The van der Waals surface area contributed by atoms with Gasteiger partial charge in [0.2, 0.25) is 0 Å². The van der Waals surface area contributed by atoms with E-state index >= 15 is 0 Å². The van der Waals surface area contributed by atoms with Crippen molar-refractivity contribution in [2.75, 3.05) is 0 Å². The van der Waals surface area contributed by atoms with Crippen LogP contribution in [0.15, 0.2) is 30.6 Å². The van der Waals surface area contributed by atoms with Crippen molar-refractivity contribution in [1.82, 2.24) is 14.8 Å². The standard InChI is InChI=1S/C12H16N4O/c1-12(2,17)10-5-7-16(15-10)11-9(8-13)4-3-6-14-11/h3-7,17H,8,13H2,1-2H3. The highest BCUT2D eigenvalue weighted by Crippen LogP contribution is 2.18. The van der Waals surface area contributed by atoms with Crippen LogP contribution in [0, 0.1) is 0 Å². The van der Waals surface area contributed by atoms with Gasteiger partial charge in [0.15, 0.2) is 5.82 Å². The van der Waals surface area contributed by atoms with Gasteiger partial charge in [0.05, 0.1) is 5.69 Å². The lowest BCUT2D eigenvalue weighted by Crippen LogP contribution is -2.17. The highest BCUT2D eigenvalue weighted by Gasteiger charge is 2.19. The normalized spacial score (nSPS) is 11.8. The molecular formula is C12H16N4O. The van der Waals surface area contributed by atoms with Crippen molar-refractivity contribution in [1.29, 1.82) is 0 Å². The topological polar surface area (TPSA) is 77.0 Å². The first kappa shape index (κ1) is 11.8. The maximum atomic E-state index is 9.85. The molecule has 0 bridgehead atoms. The number of hydrogen-bond donors (Lipinski definition) is 2. The van der Waals surface area contributed by atoms with Crippen LogP contribution in [0.2, 0.25) is 0 Å². The van der Waals surface area contributed by atoms with Gasteiger partial charge in [-0.05, 0) is 26.0 Å². The molecule has 17 heavy (non-hydrogen) atoms. The molecule has 0 unspecified atom stereocenters. The maximum absolute atomic E-state index is 9.85. The zero-order valence-corrected chi connectivity index (χ0v) is 9.96. The smallest absolute Gasteiger partial charge is 0.157 e. The molecule has 90 valence electrons. The zero-order chi connectivity index (χ0) is 12.5. The molecular weight excluding hydrogens is 216 g/mol. The second-order valence-corrected chi connectivity index (χ2v) is 4.39. The van der Waals surface area contributed by atoms with Crippen molar-refractivity contribution >= 4 is 0 Å². The molecule has 2 aromatic rings. The first-order chi connectivity index (χ1) is 8.02. The van der Waals surface area contributed by atoms with Crippen LogP contribution in [0.5, 0.6) is 0 Å². The fraction of sp³-hybridized carbons (Fsp3) is 0.333. The van der Waals surface area contributed by atoms with E-state index in [0.717, 1.165) is 5.56 Å². The Hall–Kier alpha value is -1.72. The molecule has 0 radical (unpaired) electrons. The van der Waals surface area contributed by atoms with E-state index in [1.807, 2.05) is 12.1 Å². The van der Waals surface area contributed by atoms with Crippen LogP contribution in [-0.2, 0) is 12.1 Å². The fourth-order valence-corrected chi connectivity index (χ4v) is 1.56. The minimum atomic E-state index is -0.955. The summed E-state index contributed by atoms with van der Waals surface area (Å²) in [5.41, 5.74) is 6.21. The van der Waals surface area contributed by atoms with Crippen molar-refractivity contribution in [3.8, 4) is 5.82 Å². The molecule has 0 aromatic carbocycles. The Morgan fingerprint density at radius 2 is 2.18 bits per heavy atom. The van der Waals surface area contributed by atoms with Gasteiger partial charge in [0, 0.05) is 24.5 Å². The fourth-order valence-electron chi connectivity index (χ4n) is 1.56. The third-order valence-corrected chi connectivity index (χ3v) is 2.52. The molecule has 3 N–H and O–H groups in total. The van der Waals surface area contributed by atoms with Crippen LogP contribution in [0.3, 0.4) is 0 Å². The Kier molecular flexibility index (Phi) is 2.95. The SMILES string of the molecule is CC(C)(O)c1ccn(-c2ncccc2CN)n1. The van der Waals surface area contributed by atoms with E-state index in [-0.39, 0.29) is 0 Å². The number of pyridine rings is 1. The Balaban J connectivity index is 2.44. The molecule has 0 aliphatic carbocycles. The maximum Gasteiger partial charge on any atom is 0.157 e. The summed E-state index contributed by atoms with van der Waals surface area (Å²) in [5, 5.41) is 14.2. The summed E-state index contributed by atoms with van der Waals surface area (Å²) < 4.78 is 1.63. The zero-order valence-electron chi connectivity index (χ0n) is 9.96. The van der Waals surface area contributed by atoms with Crippen molar-refractivity contribution in [3.63, 3.8) is 0 Å². The molecule has 0 saturated heterocycles. The second kappa shape index (κ2) is 4.27. The first-order valence-electron chi connectivity index (χ1n) is 5.45. The number of rotatable bonds is 3. The van der Waals surface area contributed by atoms with Gasteiger partial charge in [0.25, 0.3) is 0 Å². The Morgan fingerprint density at radius 3 is 2.76 bits per heavy atom. The van der Waals surface area contributed by atoms with E-state index in [0.29, 0.717) is 18.1 Å². The molecule has 0 spiro atoms. The third kappa shape index (κ3) is 2.35. The molecule has 5 nitrogen and oxygen atoms in total. The predicted molar refractivity (Wildman–Crippen MR) is 64.5 cm³/mol. The van der Waals surface area contributed by atoms with Crippen LogP contribution in [-0.4, -0.2) is 19.9 Å². The predicted octanol–water partition coefficient (Wildman–Crippen LogP) is 0.953. The van der Waals surface area contributed by atoms with Crippen molar-refractivity contribution in [2.45, 2.75) is 26.0 Å². The van der Waals surface area contributed by atoms with E-state index in [4.69, 9.17) is 5.73 Å². The summed E-state index contributed by atoms with van der Waals surface area (Å²) in [5.74, 6) is 0.700. The molecule has 0 saturated carbocycles. The lowest BCUT2D eigenvalue weighted by molar-refractivity contribution is 0.0734. The van der Waals surface area contributed by atoms with Crippen LogP contribution in [0.25, 0.3) is 5.82 Å². The van der Waals surface area contributed by atoms with E-state index in [1.54, 1.807) is 37.0 Å². The molecule has 0 amide bonds. The molecule has 2 aromatic heterocycles. The molecule has 0 atom stereocenters. The monoisotopic (exact) mass is 232 g/mol. The largest absolute Gasteiger partial charge is 0.384 e. The first-order valence-corrected chi connectivity index (χ1v) is 5.45. The van der Waals surface area contributed by atoms with Gasteiger partial charge in [-0.15, -0.1) is 0 Å². The Morgan fingerprint density at radius 1 is 1.41 bits per heavy atom. The van der Waals surface area contributed by atoms with Gasteiger partial charge in [-0.1, -0.05) is 6.07 Å². The van der Waals surface area contributed by atoms with Gasteiger partial charge in [-0.3, -0.25) is 0 Å². The lowest BCUT2D eigenvalue weighted by atomic mass is 10.1. The van der Waals surface area contributed by atoms with Crippen molar-refractivity contribution in [3.05, 3.63) is 41.9 Å².